The Morgan fingerprint density at radius 1 is 1.16 bits per heavy atom. The molecule has 0 bridgehead atoms. The molecule has 2 aromatic heterocycles. The van der Waals surface area contributed by atoms with E-state index in [0.29, 0.717) is 0 Å². The van der Waals surface area contributed by atoms with Gasteiger partial charge < -0.3 is 13.7 Å². The molecule has 0 amide bonds. The summed E-state index contributed by atoms with van der Waals surface area (Å²) >= 11 is 0. The Kier molecular flexibility index (Phi) is 2.62. The number of imidazole rings is 1. The zero-order valence-electron chi connectivity index (χ0n) is 11.6. The third-order valence-corrected chi connectivity index (χ3v) is 3.86. The Morgan fingerprint density at radius 3 is 2.42 bits per heavy atom. The lowest BCUT2D eigenvalue weighted by atomic mass is 9.86. The maximum atomic E-state index is 5.95. The van der Waals surface area contributed by atoms with Crippen LogP contribution in [0.3, 0.4) is 0 Å². The van der Waals surface area contributed by atoms with Gasteiger partial charge >= 0.3 is 7.12 Å². The van der Waals surface area contributed by atoms with Crippen LogP contribution < -0.4 is 5.59 Å². The van der Waals surface area contributed by atoms with Crippen molar-refractivity contribution >= 4 is 12.7 Å². The summed E-state index contributed by atoms with van der Waals surface area (Å²) in [4.78, 5) is 4.34. The molecule has 0 radical (unpaired) electrons. The average Bonchev–Trinajstić information content (AvgIpc) is 3.00. The number of furan rings is 1. The zero-order valence-corrected chi connectivity index (χ0v) is 11.6. The van der Waals surface area contributed by atoms with Crippen LogP contribution in [0.15, 0.2) is 35.3 Å². The van der Waals surface area contributed by atoms with Gasteiger partial charge in [0.05, 0.1) is 23.1 Å². The van der Waals surface area contributed by atoms with E-state index in [9.17, 15) is 0 Å². The van der Waals surface area contributed by atoms with E-state index in [1.165, 1.54) is 0 Å². The van der Waals surface area contributed by atoms with Crippen LogP contribution >= 0.6 is 0 Å². The van der Waals surface area contributed by atoms with Gasteiger partial charge in [0, 0.05) is 12.3 Å². The van der Waals surface area contributed by atoms with E-state index < -0.39 is 7.12 Å². The summed E-state index contributed by atoms with van der Waals surface area (Å²) in [7, 11) is -0.443. The molecule has 0 aromatic carbocycles. The molecule has 1 aliphatic rings. The molecule has 100 valence electrons. The summed E-state index contributed by atoms with van der Waals surface area (Å²) in [6.45, 7) is 8.10. The number of nitrogens with zero attached hydrogens (tertiary/aromatic N) is 2. The highest BCUT2D eigenvalue weighted by Crippen LogP contribution is 2.36. The third kappa shape index (κ3) is 2.01. The molecule has 0 saturated carbocycles. The molecule has 0 spiro atoms. The molecule has 2 aromatic rings. The van der Waals surface area contributed by atoms with Gasteiger partial charge in [0.2, 0.25) is 5.88 Å². The Hall–Kier alpha value is -1.53. The van der Waals surface area contributed by atoms with Crippen molar-refractivity contribution in [3.63, 3.8) is 0 Å². The molecule has 0 N–H and O–H groups in total. The highest BCUT2D eigenvalue weighted by molar-refractivity contribution is 6.61. The fourth-order valence-corrected chi connectivity index (χ4v) is 1.96. The second-order valence-corrected chi connectivity index (χ2v) is 5.75. The van der Waals surface area contributed by atoms with Crippen LogP contribution in [0, 0.1) is 0 Å². The zero-order chi connectivity index (χ0) is 13.7. The van der Waals surface area contributed by atoms with Gasteiger partial charge in [-0.2, -0.15) is 0 Å². The Morgan fingerprint density at radius 2 is 1.84 bits per heavy atom. The summed E-state index contributed by atoms with van der Waals surface area (Å²) in [6.07, 6.45) is 5.18. The minimum Gasteiger partial charge on any atom is -0.448 e. The third-order valence-electron chi connectivity index (χ3n) is 3.86. The van der Waals surface area contributed by atoms with Crippen LogP contribution in [-0.2, 0) is 9.31 Å². The van der Waals surface area contributed by atoms with Crippen LogP contribution in [0.5, 0.6) is 0 Å². The van der Waals surface area contributed by atoms with E-state index in [1.807, 2.05) is 46.0 Å². The van der Waals surface area contributed by atoms with E-state index in [-0.39, 0.29) is 11.2 Å². The highest BCUT2D eigenvalue weighted by atomic mass is 16.7. The summed E-state index contributed by atoms with van der Waals surface area (Å²) in [6, 6.07) is 3.71. The van der Waals surface area contributed by atoms with Crippen LogP contribution in [0.2, 0.25) is 0 Å². The average molecular weight is 260 g/mol. The fraction of sp³-hybridized carbons (Fsp3) is 0.462. The van der Waals surface area contributed by atoms with Crippen molar-refractivity contribution in [3.8, 4) is 5.88 Å². The Bertz CT molecular complexity index is 558. The van der Waals surface area contributed by atoms with Gasteiger partial charge in [0.1, 0.15) is 6.33 Å². The SMILES string of the molecule is CC1(C)OB(c2cn(-c3ccco3)cn2)OC1(C)C. The minimum atomic E-state index is -0.443. The van der Waals surface area contributed by atoms with Gasteiger partial charge in [-0.25, -0.2) is 4.98 Å². The van der Waals surface area contributed by atoms with E-state index in [4.69, 9.17) is 13.7 Å². The smallest absolute Gasteiger partial charge is 0.448 e. The number of hydrogen-bond donors (Lipinski definition) is 0. The summed E-state index contributed by atoms with van der Waals surface area (Å²) in [5, 5.41) is 0. The van der Waals surface area contributed by atoms with Gasteiger partial charge in [-0.05, 0) is 33.8 Å². The van der Waals surface area contributed by atoms with Crippen LogP contribution in [0.4, 0.5) is 0 Å². The summed E-state index contributed by atoms with van der Waals surface area (Å²) in [5.74, 6) is 0.718. The topological polar surface area (TPSA) is 49.4 Å². The molecule has 19 heavy (non-hydrogen) atoms. The minimum absolute atomic E-state index is 0.355. The molecule has 1 saturated heterocycles. The lowest BCUT2D eigenvalue weighted by Gasteiger charge is -2.32. The van der Waals surface area contributed by atoms with Crippen molar-refractivity contribution in [2.24, 2.45) is 0 Å². The highest BCUT2D eigenvalue weighted by Gasteiger charge is 2.52. The molecular weight excluding hydrogens is 243 g/mol. The molecule has 3 heterocycles. The maximum Gasteiger partial charge on any atom is 0.516 e. The normalized spacial score (nSPS) is 20.9. The molecule has 0 aliphatic carbocycles. The van der Waals surface area contributed by atoms with Crippen molar-refractivity contribution in [1.29, 1.82) is 0 Å². The van der Waals surface area contributed by atoms with Crippen molar-refractivity contribution < 1.29 is 13.7 Å². The molecule has 1 fully saturated rings. The molecule has 1 aliphatic heterocycles. The quantitative estimate of drug-likeness (QED) is 0.772. The fourth-order valence-electron chi connectivity index (χ4n) is 1.96. The van der Waals surface area contributed by atoms with Crippen LogP contribution in [0.1, 0.15) is 27.7 Å². The first-order valence-electron chi connectivity index (χ1n) is 6.32. The first-order chi connectivity index (χ1) is 8.89. The van der Waals surface area contributed by atoms with E-state index in [0.717, 1.165) is 11.5 Å². The Labute approximate surface area is 112 Å². The van der Waals surface area contributed by atoms with Crippen molar-refractivity contribution in [2.75, 3.05) is 0 Å². The molecule has 0 unspecified atom stereocenters. The Balaban J connectivity index is 1.85. The van der Waals surface area contributed by atoms with Crippen LogP contribution in [0.25, 0.3) is 5.88 Å². The van der Waals surface area contributed by atoms with E-state index >= 15 is 0 Å². The first kappa shape index (κ1) is 12.5. The maximum absolute atomic E-state index is 5.95. The van der Waals surface area contributed by atoms with Gasteiger partial charge in [-0.15, -0.1) is 0 Å². The largest absolute Gasteiger partial charge is 0.516 e. The van der Waals surface area contributed by atoms with E-state index in [1.54, 1.807) is 17.2 Å². The summed E-state index contributed by atoms with van der Waals surface area (Å²) < 4.78 is 19.0. The van der Waals surface area contributed by atoms with E-state index in [2.05, 4.69) is 4.98 Å². The molecular formula is C13H17BN2O3. The summed E-state index contributed by atoms with van der Waals surface area (Å²) in [5.41, 5.74) is 0.0354. The molecule has 3 rings (SSSR count). The van der Waals surface area contributed by atoms with Gasteiger partial charge in [-0.1, -0.05) is 0 Å². The van der Waals surface area contributed by atoms with Crippen LogP contribution in [-0.4, -0.2) is 27.9 Å². The number of rotatable bonds is 2. The van der Waals surface area contributed by atoms with Crippen molar-refractivity contribution in [3.05, 3.63) is 30.9 Å². The lowest BCUT2D eigenvalue weighted by Crippen LogP contribution is -2.41. The molecule has 6 heteroatoms. The monoisotopic (exact) mass is 260 g/mol. The van der Waals surface area contributed by atoms with Gasteiger partial charge in [-0.3, -0.25) is 4.57 Å². The first-order valence-corrected chi connectivity index (χ1v) is 6.32. The molecule has 0 atom stereocenters. The number of aromatic nitrogens is 2. The second kappa shape index (κ2) is 3.98. The second-order valence-electron chi connectivity index (χ2n) is 5.75. The van der Waals surface area contributed by atoms with Crippen molar-refractivity contribution in [2.45, 2.75) is 38.9 Å². The van der Waals surface area contributed by atoms with Gasteiger partial charge in [0.25, 0.3) is 0 Å². The lowest BCUT2D eigenvalue weighted by molar-refractivity contribution is 0.00578. The number of hydrogen-bond acceptors (Lipinski definition) is 4. The van der Waals surface area contributed by atoms with Gasteiger partial charge in [0.15, 0.2) is 0 Å². The standard InChI is InChI=1S/C13H17BN2O3/c1-12(2)13(3,4)19-14(18-12)10-8-16(9-15-10)11-6-5-7-17-11/h5-9H,1-4H3. The predicted octanol–water partition coefficient (Wildman–Crippen LogP) is 1.76. The molecule has 5 nitrogen and oxygen atoms in total. The van der Waals surface area contributed by atoms with Crippen molar-refractivity contribution in [1.82, 2.24) is 9.55 Å². The predicted molar refractivity (Wildman–Crippen MR) is 71.5 cm³/mol.